The molecule has 1 aliphatic rings. The molecule has 1 saturated heterocycles. The summed E-state index contributed by atoms with van der Waals surface area (Å²) < 4.78 is 56.7. The third-order valence-corrected chi connectivity index (χ3v) is 7.34. The maximum absolute atomic E-state index is 13.8. The van der Waals surface area contributed by atoms with Gasteiger partial charge in [-0.1, -0.05) is 42.0 Å². The molecule has 0 spiro atoms. The van der Waals surface area contributed by atoms with Gasteiger partial charge in [0.15, 0.2) is 0 Å². The second kappa shape index (κ2) is 9.93. The molecule has 1 amide bonds. The number of rotatable bonds is 6. The molecule has 0 radical (unpaired) electrons. The van der Waals surface area contributed by atoms with E-state index in [0.29, 0.717) is 5.56 Å². The number of hydrogen-bond donors (Lipinski definition) is 0. The van der Waals surface area contributed by atoms with Gasteiger partial charge in [0.1, 0.15) is 5.76 Å². The first-order valence-electron chi connectivity index (χ1n) is 12.5. The minimum Gasteiger partial charge on any atom is -0.455 e. The number of carbonyl (C=O) groups excluding carboxylic acids is 1. The van der Waals surface area contributed by atoms with Crippen molar-refractivity contribution in [1.29, 1.82) is 0 Å². The standard InChI is InChI=1S/C29H33BF3NO4/c1-18-14-19(2)25(20(3)15-18)26(35)34(17-23-12-13-24(36-23)29(31,32)33)16-21-8-10-22(11-9-21)30-37-27(4,5)28(6,7)38-30/h8-15H,16-17H2,1-7H3. The molecule has 0 atom stereocenters. The Labute approximate surface area is 222 Å². The molecule has 4 rings (SSSR count). The lowest BCUT2D eigenvalue weighted by Gasteiger charge is -2.32. The van der Waals surface area contributed by atoms with Gasteiger partial charge in [0.05, 0.1) is 17.7 Å². The number of nitrogens with zero attached hydrogens (tertiary/aromatic N) is 1. The highest BCUT2D eigenvalue weighted by atomic mass is 19.4. The van der Waals surface area contributed by atoms with Gasteiger partial charge in [-0.25, -0.2) is 0 Å². The summed E-state index contributed by atoms with van der Waals surface area (Å²) in [5.74, 6) is -1.31. The first-order valence-corrected chi connectivity index (χ1v) is 12.5. The zero-order valence-corrected chi connectivity index (χ0v) is 22.8. The van der Waals surface area contributed by atoms with Crippen LogP contribution >= 0.6 is 0 Å². The molecule has 0 aliphatic carbocycles. The highest BCUT2D eigenvalue weighted by Crippen LogP contribution is 2.36. The van der Waals surface area contributed by atoms with Crippen molar-refractivity contribution in [3.8, 4) is 0 Å². The Morgan fingerprint density at radius 1 is 0.868 bits per heavy atom. The fourth-order valence-corrected chi connectivity index (χ4v) is 4.66. The second-order valence-corrected chi connectivity index (χ2v) is 11.0. The minimum absolute atomic E-state index is 0.0573. The third kappa shape index (κ3) is 5.69. The van der Waals surface area contributed by atoms with Crippen LogP contribution < -0.4 is 5.46 Å². The maximum Gasteiger partial charge on any atom is 0.494 e. The van der Waals surface area contributed by atoms with Crippen LogP contribution in [0, 0.1) is 20.8 Å². The summed E-state index contributed by atoms with van der Waals surface area (Å²) in [6.45, 7) is 13.7. The van der Waals surface area contributed by atoms with Crippen molar-refractivity contribution in [1.82, 2.24) is 4.90 Å². The third-order valence-electron chi connectivity index (χ3n) is 7.34. The zero-order valence-electron chi connectivity index (χ0n) is 22.8. The van der Waals surface area contributed by atoms with Crippen LogP contribution in [0.25, 0.3) is 0 Å². The van der Waals surface area contributed by atoms with E-state index in [1.165, 1.54) is 11.0 Å². The van der Waals surface area contributed by atoms with Crippen LogP contribution in [0.5, 0.6) is 0 Å². The summed E-state index contributed by atoms with van der Waals surface area (Å²) in [7, 11) is -0.520. The summed E-state index contributed by atoms with van der Waals surface area (Å²) in [5, 5.41) is 0. The lowest BCUT2D eigenvalue weighted by Crippen LogP contribution is -2.41. The van der Waals surface area contributed by atoms with E-state index in [9.17, 15) is 18.0 Å². The fraction of sp³-hybridized carbons (Fsp3) is 0.414. The number of benzene rings is 2. The van der Waals surface area contributed by atoms with Crippen molar-refractivity contribution in [2.24, 2.45) is 0 Å². The van der Waals surface area contributed by atoms with E-state index in [-0.39, 0.29) is 24.8 Å². The molecule has 9 heteroatoms. The van der Waals surface area contributed by atoms with Gasteiger partial charge >= 0.3 is 13.3 Å². The van der Waals surface area contributed by atoms with Gasteiger partial charge in [-0.05, 0) is 82.8 Å². The van der Waals surface area contributed by atoms with Gasteiger partial charge in [-0.2, -0.15) is 13.2 Å². The number of aryl methyl sites for hydroxylation is 3. The monoisotopic (exact) mass is 527 g/mol. The molecule has 0 saturated carbocycles. The van der Waals surface area contributed by atoms with E-state index in [0.717, 1.165) is 33.8 Å². The highest BCUT2D eigenvalue weighted by molar-refractivity contribution is 6.62. The average Bonchev–Trinajstić information content (AvgIpc) is 3.34. The first kappa shape index (κ1) is 28.0. The van der Waals surface area contributed by atoms with Crippen molar-refractivity contribution in [3.05, 3.63) is 87.9 Å². The van der Waals surface area contributed by atoms with Crippen LogP contribution in [-0.4, -0.2) is 29.1 Å². The summed E-state index contributed by atoms with van der Waals surface area (Å²) >= 11 is 0. The van der Waals surface area contributed by atoms with E-state index >= 15 is 0 Å². The predicted octanol–water partition coefficient (Wildman–Crippen LogP) is 6.37. The zero-order chi connectivity index (χ0) is 28.0. The molecule has 3 aromatic rings. The van der Waals surface area contributed by atoms with Crippen molar-refractivity contribution in [2.45, 2.75) is 78.9 Å². The molecule has 1 aliphatic heterocycles. The fourth-order valence-electron chi connectivity index (χ4n) is 4.66. The predicted molar refractivity (Wildman–Crippen MR) is 140 cm³/mol. The Kier molecular flexibility index (Phi) is 7.31. The molecule has 2 aromatic carbocycles. The smallest absolute Gasteiger partial charge is 0.455 e. The molecular weight excluding hydrogens is 494 g/mol. The molecule has 1 fully saturated rings. The number of hydrogen-bond acceptors (Lipinski definition) is 4. The van der Waals surface area contributed by atoms with Crippen LogP contribution in [0.4, 0.5) is 13.2 Å². The molecule has 38 heavy (non-hydrogen) atoms. The molecule has 0 bridgehead atoms. The highest BCUT2D eigenvalue weighted by Gasteiger charge is 2.51. The number of halogens is 3. The van der Waals surface area contributed by atoms with Crippen LogP contribution in [-0.2, 0) is 28.6 Å². The van der Waals surface area contributed by atoms with Crippen molar-refractivity contribution in [3.63, 3.8) is 0 Å². The molecule has 2 heterocycles. The van der Waals surface area contributed by atoms with Gasteiger partial charge in [-0.3, -0.25) is 4.79 Å². The Bertz CT molecular complexity index is 1290. The van der Waals surface area contributed by atoms with Gasteiger partial charge in [0, 0.05) is 12.1 Å². The maximum atomic E-state index is 13.8. The summed E-state index contributed by atoms with van der Waals surface area (Å²) in [5.41, 5.74) is 3.89. The van der Waals surface area contributed by atoms with Crippen LogP contribution in [0.15, 0.2) is 52.9 Å². The summed E-state index contributed by atoms with van der Waals surface area (Å²) in [6.07, 6.45) is -4.60. The Balaban J connectivity index is 1.61. The molecular formula is C29H33BF3NO4. The Hall–Kier alpha value is -3.04. The minimum atomic E-state index is -4.60. The lowest BCUT2D eigenvalue weighted by molar-refractivity contribution is -0.153. The van der Waals surface area contributed by atoms with E-state index in [2.05, 4.69) is 0 Å². The quantitative estimate of drug-likeness (QED) is 0.350. The van der Waals surface area contributed by atoms with E-state index in [1.54, 1.807) is 0 Å². The molecule has 202 valence electrons. The van der Waals surface area contributed by atoms with Crippen molar-refractivity contribution < 1.29 is 31.7 Å². The van der Waals surface area contributed by atoms with Crippen molar-refractivity contribution >= 4 is 18.5 Å². The van der Waals surface area contributed by atoms with Crippen molar-refractivity contribution in [2.75, 3.05) is 0 Å². The van der Waals surface area contributed by atoms with Crippen LogP contribution in [0.1, 0.15) is 71.8 Å². The normalized spacial score (nSPS) is 16.6. The number of furan rings is 1. The van der Waals surface area contributed by atoms with Gasteiger partial charge in [0.25, 0.3) is 5.91 Å². The van der Waals surface area contributed by atoms with Gasteiger partial charge < -0.3 is 18.6 Å². The molecule has 5 nitrogen and oxygen atoms in total. The number of amides is 1. The van der Waals surface area contributed by atoms with Crippen LogP contribution in [0.2, 0.25) is 0 Å². The first-order chi connectivity index (χ1) is 17.6. The van der Waals surface area contributed by atoms with Gasteiger partial charge in [0.2, 0.25) is 5.76 Å². The number of carbonyl (C=O) groups is 1. The molecule has 0 N–H and O–H groups in total. The summed E-state index contributed by atoms with van der Waals surface area (Å²) in [6, 6.07) is 13.5. The van der Waals surface area contributed by atoms with E-state index in [1.807, 2.05) is 84.9 Å². The topological polar surface area (TPSA) is 51.9 Å². The summed E-state index contributed by atoms with van der Waals surface area (Å²) in [4.78, 5) is 15.3. The Morgan fingerprint density at radius 3 is 1.92 bits per heavy atom. The number of alkyl halides is 3. The average molecular weight is 527 g/mol. The van der Waals surface area contributed by atoms with E-state index < -0.39 is 30.3 Å². The lowest BCUT2D eigenvalue weighted by atomic mass is 9.79. The largest absolute Gasteiger partial charge is 0.494 e. The Morgan fingerprint density at radius 2 is 1.42 bits per heavy atom. The molecule has 0 unspecified atom stereocenters. The van der Waals surface area contributed by atoms with Crippen LogP contribution in [0.3, 0.4) is 0 Å². The van der Waals surface area contributed by atoms with Gasteiger partial charge in [-0.15, -0.1) is 0 Å². The second-order valence-electron chi connectivity index (χ2n) is 11.0. The van der Waals surface area contributed by atoms with E-state index in [4.69, 9.17) is 13.7 Å². The SMILES string of the molecule is Cc1cc(C)c(C(=O)N(Cc2ccc(B3OC(C)(C)C(C)(C)O3)cc2)Cc2ccc(C(F)(F)F)o2)c(C)c1. The molecule has 1 aromatic heterocycles.